The third kappa shape index (κ3) is 3.91. The van der Waals surface area contributed by atoms with Gasteiger partial charge in [0.05, 0.1) is 16.6 Å². The van der Waals surface area contributed by atoms with Crippen molar-refractivity contribution in [2.24, 2.45) is 0 Å². The van der Waals surface area contributed by atoms with Crippen LogP contribution in [0.5, 0.6) is 0 Å². The third-order valence-electron chi connectivity index (χ3n) is 11.0. The zero-order valence-corrected chi connectivity index (χ0v) is 30.3. The number of halogens is 2. The van der Waals surface area contributed by atoms with Crippen molar-refractivity contribution < 1.29 is 8.78 Å². The second kappa shape index (κ2) is 9.67. The molecule has 238 valence electrons. The maximum absolute atomic E-state index is 15.8. The summed E-state index contributed by atoms with van der Waals surface area (Å²) in [5.74, 6) is -0.564. The Balaban J connectivity index is 1.17. The number of hydrogen-bond donors (Lipinski definition) is 0. The fourth-order valence-corrected chi connectivity index (χ4v) is 12.2. The molecule has 0 amide bonds. The van der Waals surface area contributed by atoms with E-state index in [0.717, 1.165) is 17.3 Å². The first-order chi connectivity index (χ1) is 22.3. The molecule has 3 aliphatic rings. The van der Waals surface area contributed by atoms with Crippen LogP contribution in [0.1, 0.15) is 111 Å². The minimum absolute atomic E-state index is 0.117. The van der Waals surface area contributed by atoms with Gasteiger partial charge in [-0.15, -0.1) is 21.8 Å². The summed E-state index contributed by atoms with van der Waals surface area (Å²) in [6.07, 6.45) is 0. The lowest BCUT2D eigenvalue weighted by Gasteiger charge is -2.24. The smallest absolute Gasteiger partial charge is 0.174 e. The molecule has 4 aromatic carbocycles. The number of thiophene rings is 1. The Labute approximate surface area is 285 Å². The van der Waals surface area contributed by atoms with Crippen molar-refractivity contribution in [3.8, 4) is 22.3 Å². The lowest BCUT2D eigenvalue weighted by atomic mass is 9.79. The molecule has 6 aromatic rings. The summed E-state index contributed by atoms with van der Waals surface area (Å²) < 4.78 is 41.6. The molecule has 2 aromatic heterocycles. The van der Waals surface area contributed by atoms with Crippen LogP contribution in [-0.2, 0) is 16.6 Å². The summed E-state index contributed by atoms with van der Waals surface area (Å²) in [5.41, 5.74) is 14.1. The average Bonchev–Trinajstić information content (AvgIpc) is 3.82. The average molecular weight is 679 g/mol. The molecule has 0 radical (unpaired) electrons. The normalized spacial score (nSPS) is 18.2. The Kier molecular flexibility index (Phi) is 6.14. The van der Waals surface area contributed by atoms with Gasteiger partial charge in [-0.2, -0.15) is 8.75 Å². The Bertz CT molecular complexity index is 2420. The fraction of sp³-hybridized carbons (Fsp3) is 0.325. The Hall–Kier alpha value is -3.26. The maximum Gasteiger partial charge on any atom is 0.174 e. The number of rotatable bonds is 3. The van der Waals surface area contributed by atoms with E-state index in [9.17, 15) is 0 Å². The van der Waals surface area contributed by atoms with E-state index in [2.05, 4.69) is 98.1 Å². The largest absolute Gasteiger partial charge is 0.203 e. The molecule has 0 bridgehead atoms. The van der Waals surface area contributed by atoms with Gasteiger partial charge in [0.25, 0.3) is 0 Å². The van der Waals surface area contributed by atoms with Crippen LogP contribution in [0, 0.1) is 11.6 Å². The summed E-state index contributed by atoms with van der Waals surface area (Å²) >= 11 is 2.96. The van der Waals surface area contributed by atoms with Gasteiger partial charge in [0.15, 0.2) is 11.6 Å². The van der Waals surface area contributed by atoms with Gasteiger partial charge in [-0.25, -0.2) is 8.78 Å². The molecule has 0 fully saturated rings. The summed E-state index contributed by atoms with van der Waals surface area (Å²) in [7, 11) is -0.648. The summed E-state index contributed by atoms with van der Waals surface area (Å²) in [5, 5.41) is 3.50. The Morgan fingerprint density at radius 3 is 1.96 bits per heavy atom. The van der Waals surface area contributed by atoms with Crippen LogP contribution in [-0.4, -0.2) is 14.1 Å². The van der Waals surface area contributed by atoms with Crippen molar-refractivity contribution in [2.45, 2.75) is 88.7 Å². The molecular formula is C40H36F2N2S3. The van der Waals surface area contributed by atoms with Gasteiger partial charge in [-0.1, -0.05) is 55.4 Å². The zero-order valence-electron chi connectivity index (χ0n) is 27.9. The Morgan fingerprint density at radius 2 is 1.30 bits per heavy atom. The zero-order chi connectivity index (χ0) is 32.9. The highest BCUT2D eigenvalue weighted by molar-refractivity contribution is 8.15. The van der Waals surface area contributed by atoms with Crippen LogP contribution in [0.25, 0.3) is 43.4 Å². The van der Waals surface area contributed by atoms with Gasteiger partial charge in [0.2, 0.25) is 0 Å². The highest BCUT2D eigenvalue weighted by Gasteiger charge is 2.42. The van der Waals surface area contributed by atoms with Crippen LogP contribution < -0.4 is 0 Å². The summed E-state index contributed by atoms with van der Waals surface area (Å²) in [4.78, 5) is 1.80. The van der Waals surface area contributed by atoms with Gasteiger partial charge in [0.1, 0.15) is 11.0 Å². The Morgan fingerprint density at radius 1 is 0.702 bits per heavy atom. The molecular weight excluding hydrogens is 643 g/mol. The standard InChI is InChI=1S/C40H36F2N2S3/c1-18(2)31-12-20-10-27-26(15-32(20)45-31)25-14-29-24(13-30(25)39(27,5)6)23-9-21-16-47(17-22(21)11-28(23)40(29,7)8)38-35(42)34(41)33(19(3)4)36-37(38)44-46-43-36/h9-15,17-19H,16H2,1-8H3. The molecule has 7 heteroatoms. The van der Waals surface area contributed by atoms with E-state index >= 15 is 8.78 Å². The van der Waals surface area contributed by atoms with Gasteiger partial charge in [0, 0.05) is 31.7 Å². The van der Waals surface area contributed by atoms with E-state index in [-0.39, 0.29) is 16.7 Å². The molecule has 9 rings (SSSR count). The number of benzene rings is 4. The lowest BCUT2D eigenvalue weighted by molar-refractivity contribution is 0.482. The van der Waals surface area contributed by atoms with Gasteiger partial charge in [-0.3, -0.25) is 0 Å². The van der Waals surface area contributed by atoms with Crippen LogP contribution in [0.4, 0.5) is 8.78 Å². The second-order valence-corrected chi connectivity index (χ2v) is 18.6. The minimum Gasteiger partial charge on any atom is -0.203 e. The van der Waals surface area contributed by atoms with Crippen LogP contribution in [0.3, 0.4) is 0 Å². The monoisotopic (exact) mass is 678 g/mol. The fourth-order valence-electron chi connectivity index (χ4n) is 8.34. The summed E-state index contributed by atoms with van der Waals surface area (Å²) in [6, 6.07) is 16.8. The molecule has 1 atom stereocenters. The summed E-state index contributed by atoms with van der Waals surface area (Å²) in [6.45, 7) is 17.7. The minimum atomic E-state index is -0.776. The molecule has 0 spiro atoms. The van der Waals surface area contributed by atoms with Gasteiger partial charge >= 0.3 is 0 Å². The van der Waals surface area contributed by atoms with Crippen molar-refractivity contribution in [1.29, 1.82) is 0 Å². The van der Waals surface area contributed by atoms with E-state index in [1.54, 1.807) is 0 Å². The molecule has 3 heterocycles. The van der Waals surface area contributed by atoms with E-state index in [4.69, 9.17) is 0 Å². The van der Waals surface area contributed by atoms with Crippen LogP contribution in [0.2, 0.25) is 0 Å². The maximum atomic E-state index is 15.8. The predicted molar refractivity (Wildman–Crippen MR) is 197 cm³/mol. The predicted octanol–water partition coefficient (Wildman–Crippen LogP) is 12.0. The molecule has 0 saturated heterocycles. The van der Waals surface area contributed by atoms with Crippen LogP contribution in [0.15, 0.2) is 47.4 Å². The van der Waals surface area contributed by atoms with Gasteiger partial charge < -0.3 is 0 Å². The number of hydrogen-bond acceptors (Lipinski definition) is 4. The van der Waals surface area contributed by atoms with Crippen molar-refractivity contribution in [3.63, 3.8) is 0 Å². The van der Waals surface area contributed by atoms with E-state index < -0.39 is 22.1 Å². The quantitative estimate of drug-likeness (QED) is 0.174. The first-order valence-electron chi connectivity index (χ1n) is 16.4. The topological polar surface area (TPSA) is 25.8 Å². The van der Waals surface area contributed by atoms with Gasteiger partial charge in [-0.05, 0) is 121 Å². The van der Waals surface area contributed by atoms with Crippen molar-refractivity contribution in [2.75, 3.05) is 0 Å². The van der Waals surface area contributed by atoms with Crippen LogP contribution >= 0.6 is 33.5 Å². The number of aromatic nitrogens is 2. The number of nitrogens with zero attached hydrogens (tertiary/aromatic N) is 2. The first kappa shape index (κ1) is 29.8. The van der Waals surface area contributed by atoms with Crippen molar-refractivity contribution >= 4 is 60.0 Å². The SMILES string of the molecule is CC(C)c1cc2cc3c(cc2s1)-c1cc2c(cc1C3(C)C)-c1cc3c(cc1C2(C)C)C=S(c1c(F)c(F)c(C(C)C)c2nsnc12)C3. The molecule has 2 aliphatic carbocycles. The number of fused-ring (bicyclic) bond motifs is 9. The molecule has 47 heavy (non-hydrogen) atoms. The molecule has 1 aliphatic heterocycles. The van der Waals surface area contributed by atoms with Crippen molar-refractivity contribution in [1.82, 2.24) is 8.75 Å². The molecule has 2 nitrogen and oxygen atoms in total. The van der Waals surface area contributed by atoms with Crippen molar-refractivity contribution in [3.05, 3.63) is 97.9 Å². The van der Waals surface area contributed by atoms with E-state index in [1.165, 1.54) is 65.0 Å². The van der Waals surface area contributed by atoms with E-state index in [0.29, 0.717) is 33.2 Å². The molecule has 0 saturated carbocycles. The first-order valence-corrected chi connectivity index (χ1v) is 19.4. The highest BCUT2D eigenvalue weighted by atomic mass is 32.2. The third-order valence-corrected chi connectivity index (χ3v) is 14.9. The van der Waals surface area contributed by atoms with E-state index in [1.807, 2.05) is 25.2 Å². The second-order valence-electron chi connectivity index (χ2n) is 15.2. The molecule has 0 N–H and O–H groups in total. The molecule has 1 unspecified atom stereocenters. The highest BCUT2D eigenvalue weighted by Crippen LogP contribution is 2.58. The lowest BCUT2D eigenvalue weighted by Crippen LogP contribution is -2.17.